The Morgan fingerprint density at radius 3 is 2.46 bits per heavy atom. The fourth-order valence-electron chi connectivity index (χ4n) is 5.77. The summed E-state index contributed by atoms with van der Waals surface area (Å²) >= 11 is 0. The predicted molar refractivity (Wildman–Crippen MR) is 109 cm³/mol. The molecule has 5 heteroatoms. The second-order valence-corrected chi connectivity index (χ2v) is 9.06. The Labute approximate surface area is 167 Å². The smallest absolute Gasteiger partial charge is 0.272 e. The van der Waals surface area contributed by atoms with E-state index in [0.29, 0.717) is 29.8 Å². The van der Waals surface area contributed by atoms with Gasteiger partial charge in [-0.25, -0.2) is 0 Å². The molecule has 5 heterocycles. The second-order valence-electron chi connectivity index (χ2n) is 9.06. The van der Waals surface area contributed by atoms with Crippen LogP contribution in [0.15, 0.2) is 36.4 Å². The van der Waals surface area contributed by atoms with Crippen molar-refractivity contribution in [3.05, 3.63) is 53.3 Å². The summed E-state index contributed by atoms with van der Waals surface area (Å²) in [6.45, 7) is 7.43. The number of carbonyl (C=O) groups excluding carboxylic acids is 1. The van der Waals surface area contributed by atoms with Gasteiger partial charge >= 0.3 is 0 Å². The number of piperidine rings is 3. The molecule has 0 radical (unpaired) electrons. The molecule has 6 rings (SSSR count). The quantitative estimate of drug-likeness (QED) is 0.823. The van der Waals surface area contributed by atoms with Crippen molar-refractivity contribution in [2.45, 2.75) is 50.6 Å². The molecule has 2 bridgehead atoms. The summed E-state index contributed by atoms with van der Waals surface area (Å²) < 4.78 is 1.78. The van der Waals surface area contributed by atoms with Crippen LogP contribution in [0, 0.1) is 5.92 Å². The number of carbonyl (C=O) groups is 1. The summed E-state index contributed by atoms with van der Waals surface area (Å²) in [7, 11) is 1.90. The largest absolute Gasteiger partial charge is 0.332 e. The van der Waals surface area contributed by atoms with E-state index in [1.54, 1.807) is 4.68 Å². The van der Waals surface area contributed by atoms with Gasteiger partial charge in [0.15, 0.2) is 0 Å². The van der Waals surface area contributed by atoms with Gasteiger partial charge in [0.05, 0.1) is 11.7 Å². The molecular formula is C23H30N4O. The molecule has 2 aromatic rings. The third-order valence-electron chi connectivity index (χ3n) is 7.19. The fourth-order valence-corrected chi connectivity index (χ4v) is 5.77. The molecule has 0 unspecified atom stereocenters. The molecule has 28 heavy (non-hydrogen) atoms. The van der Waals surface area contributed by atoms with Crippen LogP contribution in [0.25, 0.3) is 0 Å². The first-order valence-electron chi connectivity index (χ1n) is 10.7. The number of hydrogen-bond acceptors (Lipinski definition) is 3. The maximum absolute atomic E-state index is 13.7. The van der Waals surface area contributed by atoms with E-state index >= 15 is 0 Å². The Morgan fingerprint density at radius 1 is 1.11 bits per heavy atom. The highest BCUT2D eigenvalue weighted by molar-refractivity contribution is 5.93. The van der Waals surface area contributed by atoms with Crippen molar-refractivity contribution >= 4 is 5.91 Å². The number of benzene rings is 1. The fraction of sp³-hybridized carbons (Fsp3) is 0.565. The maximum atomic E-state index is 13.7. The maximum Gasteiger partial charge on any atom is 0.272 e. The van der Waals surface area contributed by atoms with Gasteiger partial charge in [0.1, 0.15) is 5.69 Å². The van der Waals surface area contributed by atoms with E-state index in [4.69, 9.17) is 0 Å². The topological polar surface area (TPSA) is 41.4 Å². The molecule has 4 fully saturated rings. The van der Waals surface area contributed by atoms with Crippen molar-refractivity contribution in [1.29, 1.82) is 0 Å². The summed E-state index contributed by atoms with van der Waals surface area (Å²) in [4.78, 5) is 18.5. The van der Waals surface area contributed by atoms with Crippen LogP contribution in [0.4, 0.5) is 0 Å². The average molecular weight is 379 g/mol. The summed E-state index contributed by atoms with van der Waals surface area (Å²) in [6.07, 6.45) is 2.43. The van der Waals surface area contributed by atoms with Gasteiger partial charge in [-0.05, 0) is 49.4 Å². The number of amides is 1. The molecule has 4 aliphatic heterocycles. The minimum atomic E-state index is 0.157. The van der Waals surface area contributed by atoms with Gasteiger partial charge < -0.3 is 4.90 Å². The minimum absolute atomic E-state index is 0.157. The Morgan fingerprint density at radius 2 is 1.82 bits per heavy atom. The van der Waals surface area contributed by atoms with E-state index < -0.39 is 0 Å². The van der Waals surface area contributed by atoms with Crippen LogP contribution in [-0.2, 0) is 7.05 Å². The Hall–Kier alpha value is -2.14. The first-order valence-corrected chi connectivity index (χ1v) is 10.7. The normalized spacial score (nSPS) is 31.4. The van der Waals surface area contributed by atoms with Crippen LogP contribution in [0.5, 0.6) is 0 Å². The molecule has 1 aromatic heterocycles. The lowest BCUT2D eigenvalue weighted by Gasteiger charge is -2.51. The van der Waals surface area contributed by atoms with Crippen LogP contribution in [-0.4, -0.2) is 57.2 Å². The van der Waals surface area contributed by atoms with Gasteiger partial charge in [0.2, 0.25) is 0 Å². The summed E-state index contributed by atoms with van der Waals surface area (Å²) in [5.41, 5.74) is 3.09. The predicted octanol–water partition coefficient (Wildman–Crippen LogP) is 3.25. The number of hydrogen-bond donors (Lipinski definition) is 0. The van der Waals surface area contributed by atoms with E-state index in [1.807, 2.05) is 13.1 Å². The highest BCUT2D eigenvalue weighted by Crippen LogP contribution is 2.46. The van der Waals surface area contributed by atoms with Gasteiger partial charge in [-0.1, -0.05) is 44.2 Å². The summed E-state index contributed by atoms with van der Waals surface area (Å²) in [5, 5.41) is 4.59. The summed E-state index contributed by atoms with van der Waals surface area (Å²) in [5.74, 6) is 1.51. The van der Waals surface area contributed by atoms with Crippen molar-refractivity contribution in [3.8, 4) is 0 Å². The molecule has 5 nitrogen and oxygen atoms in total. The van der Waals surface area contributed by atoms with Gasteiger partial charge in [0.25, 0.3) is 5.91 Å². The first-order chi connectivity index (χ1) is 13.5. The number of fused-ring (bicyclic) bond motifs is 2. The average Bonchev–Trinajstić information content (AvgIpc) is 3.32. The standard InChI is InChI=1S/C23H30N4O/c1-15(2)19-13-20(25(3)24-19)23(28)27-14-18(16-7-5-4-6-8-16)22-21(27)17-9-11-26(22)12-10-17/h4-8,13,15,17-18,21-22H,9-12,14H2,1-3H3/t18-,21+,22+/m0/s1. The van der Waals surface area contributed by atoms with Gasteiger partial charge in [-0.2, -0.15) is 5.10 Å². The molecule has 4 saturated heterocycles. The van der Waals surface area contributed by atoms with Crippen molar-refractivity contribution in [1.82, 2.24) is 19.6 Å². The third kappa shape index (κ3) is 2.71. The highest BCUT2D eigenvalue weighted by Gasteiger charge is 2.54. The SMILES string of the molecule is CC(C)c1cc(C(=O)N2C[C@@H](c3ccccc3)[C@@H]3[C@H]2C2CCN3CC2)n(C)n1. The molecule has 0 N–H and O–H groups in total. The van der Waals surface area contributed by atoms with E-state index in [-0.39, 0.29) is 5.91 Å². The summed E-state index contributed by atoms with van der Waals surface area (Å²) in [6, 6.07) is 13.6. The molecule has 0 saturated carbocycles. The van der Waals surface area contributed by atoms with Gasteiger partial charge in [-0.3, -0.25) is 14.4 Å². The van der Waals surface area contributed by atoms with Crippen molar-refractivity contribution in [3.63, 3.8) is 0 Å². The van der Waals surface area contributed by atoms with Crippen molar-refractivity contribution in [2.75, 3.05) is 19.6 Å². The second kappa shape index (κ2) is 6.73. The van der Waals surface area contributed by atoms with E-state index in [0.717, 1.165) is 17.9 Å². The lowest BCUT2D eigenvalue weighted by Crippen LogP contribution is -2.60. The zero-order valence-corrected chi connectivity index (χ0v) is 17.1. The number of rotatable bonds is 3. The molecular weight excluding hydrogens is 348 g/mol. The van der Waals surface area contributed by atoms with Crippen LogP contribution < -0.4 is 0 Å². The van der Waals surface area contributed by atoms with Crippen LogP contribution in [0.3, 0.4) is 0 Å². The Kier molecular flexibility index (Phi) is 4.31. The minimum Gasteiger partial charge on any atom is -0.332 e. The van der Waals surface area contributed by atoms with Crippen molar-refractivity contribution < 1.29 is 4.79 Å². The molecule has 0 spiro atoms. The number of nitrogens with zero attached hydrogens (tertiary/aromatic N) is 4. The molecule has 148 valence electrons. The number of likely N-dealkylation sites (tertiary alicyclic amines) is 1. The van der Waals surface area contributed by atoms with Crippen molar-refractivity contribution in [2.24, 2.45) is 13.0 Å². The molecule has 0 aliphatic carbocycles. The van der Waals surface area contributed by atoms with E-state index in [2.05, 4.69) is 59.1 Å². The molecule has 4 aliphatic rings. The third-order valence-corrected chi connectivity index (χ3v) is 7.19. The monoisotopic (exact) mass is 378 g/mol. The van der Waals surface area contributed by atoms with Crippen LogP contribution in [0.1, 0.15) is 60.3 Å². The zero-order chi connectivity index (χ0) is 19.4. The molecule has 1 amide bonds. The Balaban J connectivity index is 1.52. The number of aryl methyl sites for hydroxylation is 1. The zero-order valence-electron chi connectivity index (χ0n) is 17.1. The molecule has 3 atom stereocenters. The number of aromatic nitrogens is 2. The lowest BCUT2D eigenvalue weighted by atomic mass is 9.75. The van der Waals surface area contributed by atoms with E-state index in [1.165, 1.54) is 31.5 Å². The van der Waals surface area contributed by atoms with Crippen LogP contribution in [0.2, 0.25) is 0 Å². The molecule has 1 aromatic carbocycles. The van der Waals surface area contributed by atoms with Crippen LogP contribution >= 0.6 is 0 Å². The van der Waals surface area contributed by atoms with E-state index in [9.17, 15) is 4.79 Å². The van der Waals surface area contributed by atoms with Gasteiger partial charge in [-0.15, -0.1) is 0 Å². The highest BCUT2D eigenvalue weighted by atomic mass is 16.2. The first kappa shape index (κ1) is 17.9. The van der Waals surface area contributed by atoms with Gasteiger partial charge in [0, 0.05) is 25.6 Å². The Bertz CT molecular complexity index is 866. The lowest BCUT2D eigenvalue weighted by molar-refractivity contribution is -0.00372.